The fraction of sp³-hybridized carbons (Fsp3) is 0.513. The highest BCUT2D eigenvalue weighted by Gasteiger charge is 2.36. The van der Waals surface area contributed by atoms with Gasteiger partial charge in [0.15, 0.2) is 8.32 Å². The second-order valence-electron chi connectivity index (χ2n) is 14.3. The van der Waals surface area contributed by atoms with Crippen LogP contribution < -0.4 is 9.64 Å². The molecule has 0 radical (unpaired) electrons. The molecular weight excluding hydrogens is 575 g/mol. The van der Waals surface area contributed by atoms with Gasteiger partial charge in [0.2, 0.25) is 0 Å². The van der Waals surface area contributed by atoms with Gasteiger partial charge in [0.1, 0.15) is 5.75 Å². The second kappa shape index (κ2) is 15.5. The van der Waals surface area contributed by atoms with Crippen LogP contribution in [0.5, 0.6) is 5.75 Å². The van der Waals surface area contributed by atoms with E-state index in [-0.39, 0.29) is 16.4 Å². The first-order chi connectivity index (χ1) is 21.1. The molecule has 3 rings (SSSR count). The first-order valence-corrected chi connectivity index (χ1v) is 19.6. The van der Waals surface area contributed by atoms with Gasteiger partial charge in [-0.25, -0.2) is 4.79 Å². The van der Waals surface area contributed by atoms with Crippen molar-refractivity contribution in [2.45, 2.75) is 98.7 Å². The van der Waals surface area contributed by atoms with Crippen molar-refractivity contribution in [2.75, 3.05) is 37.8 Å². The molecule has 0 saturated carbocycles. The Morgan fingerprint density at radius 1 is 0.756 bits per heavy atom. The molecule has 0 fully saturated rings. The summed E-state index contributed by atoms with van der Waals surface area (Å²) in [5, 5.41) is 0.225. The quantitative estimate of drug-likeness (QED) is 0.101. The number of anilines is 1. The molecule has 0 atom stereocenters. The maximum Gasteiger partial charge on any atom is 0.338 e. The molecule has 0 saturated heterocycles. The second-order valence-corrected chi connectivity index (χ2v) is 19.1. The van der Waals surface area contributed by atoms with E-state index in [9.17, 15) is 4.79 Å². The van der Waals surface area contributed by atoms with Gasteiger partial charge in [0.05, 0.1) is 18.8 Å². The molecule has 0 aliphatic rings. The number of esters is 1. The van der Waals surface area contributed by atoms with Crippen LogP contribution in [-0.2, 0) is 14.6 Å². The summed E-state index contributed by atoms with van der Waals surface area (Å²) in [6.07, 6.45) is 1.94. The number of hydrogen-bond acceptors (Lipinski definition) is 5. The van der Waals surface area contributed by atoms with E-state index in [2.05, 4.69) is 122 Å². The van der Waals surface area contributed by atoms with Crippen LogP contribution in [0.4, 0.5) is 5.69 Å². The van der Waals surface area contributed by atoms with Crippen molar-refractivity contribution in [3.8, 4) is 28.0 Å². The van der Waals surface area contributed by atoms with E-state index < -0.39 is 8.32 Å². The summed E-state index contributed by atoms with van der Waals surface area (Å²) in [5.41, 5.74) is 6.80. The predicted molar refractivity (Wildman–Crippen MR) is 193 cm³/mol. The molecule has 246 valence electrons. The lowest BCUT2D eigenvalue weighted by Crippen LogP contribution is -2.41. The van der Waals surface area contributed by atoms with Crippen molar-refractivity contribution in [3.63, 3.8) is 0 Å². The Kier molecular flexibility index (Phi) is 12.5. The van der Waals surface area contributed by atoms with Gasteiger partial charge in [-0.15, -0.1) is 0 Å². The van der Waals surface area contributed by atoms with Crippen molar-refractivity contribution in [2.24, 2.45) is 0 Å². The van der Waals surface area contributed by atoms with Gasteiger partial charge in [-0.2, -0.15) is 0 Å². The summed E-state index contributed by atoms with van der Waals surface area (Å²) >= 11 is 0. The Morgan fingerprint density at radius 2 is 1.33 bits per heavy atom. The van der Waals surface area contributed by atoms with Crippen molar-refractivity contribution in [3.05, 3.63) is 71.8 Å². The minimum absolute atomic E-state index is 0.106. The fourth-order valence-corrected chi connectivity index (χ4v) is 6.23. The van der Waals surface area contributed by atoms with E-state index in [1.54, 1.807) is 0 Å². The van der Waals surface area contributed by atoms with Crippen LogP contribution in [0, 0.1) is 0 Å². The van der Waals surface area contributed by atoms with E-state index in [1.165, 1.54) is 5.69 Å². The van der Waals surface area contributed by atoms with Gasteiger partial charge >= 0.3 is 5.97 Å². The number of carbonyl (C=O) groups is 1. The first kappa shape index (κ1) is 36.4. The van der Waals surface area contributed by atoms with E-state index >= 15 is 0 Å². The third-order valence-electron chi connectivity index (χ3n) is 9.01. The number of carbonyl (C=O) groups excluding carboxylic acids is 1. The molecule has 0 spiro atoms. The number of benzene rings is 3. The van der Waals surface area contributed by atoms with Crippen molar-refractivity contribution in [1.29, 1.82) is 0 Å². The third kappa shape index (κ3) is 9.46. The molecule has 0 N–H and O–H groups in total. The minimum Gasteiger partial charge on any atom is -0.493 e. The highest BCUT2D eigenvalue weighted by Crippen LogP contribution is 2.38. The SMILES string of the molecule is CCOC(=O)c1ccc(-c2ccc(OCCCCO[Si](C)(C)C(C)(C)C)c(C(C)(C)C)c2)cc1-c1ccc(N(CC)CC)cc1. The zero-order valence-corrected chi connectivity index (χ0v) is 30.8. The van der Waals surface area contributed by atoms with Crippen LogP contribution in [0.3, 0.4) is 0 Å². The average Bonchev–Trinajstić information content (AvgIpc) is 2.98. The zero-order valence-electron chi connectivity index (χ0n) is 29.8. The summed E-state index contributed by atoms with van der Waals surface area (Å²) in [6.45, 7) is 27.9. The molecule has 0 amide bonds. The number of ether oxygens (including phenoxy) is 2. The van der Waals surface area contributed by atoms with Crippen LogP contribution in [0.15, 0.2) is 60.7 Å². The molecule has 0 aliphatic heterocycles. The molecular formula is C39H57NO4Si. The average molecular weight is 632 g/mol. The van der Waals surface area contributed by atoms with E-state index in [1.807, 2.05) is 19.1 Å². The molecule has 3 aromatic carbocycles. The van der Waals surface area contributed by atoms with E-state index in [4.69, 9.17) is 13.9 Å². The standard InChI is InChI=1S/C39H57NO4Si/c1-12-40(13-2)32-21-17-29(18-22-32)34-27-30(19-23-33(34)37(41)42-14-3)31-20-24-36(35(28-31)38(4,5)6)43-25-15-16-26-44-45(10,11)39(7,8)9/h17-24,27-28H,12-16,25-26H2,1-11H3. The molecule has 0 unspecified atom stereocenters. The monoisotopic (exact) mass is 631 g/mol. The van der Waals surface area contributed by atoms with Crippen LogP contribution in [0.25, 0.3) is 22.3 Å². The van der Waals surface area contributed by atoms with Gasteiger partial charge in [-0.05, 0) is 116 Å². The molecule has 45 heavy (non-hydrogen) atoms. The number of hydrogen-bond donors (Lipinski definition) is 0. The Hall–Kier alpha value is -3.09. The van der Waals surface area contributed by atoms with E-state index in [0.717, 1.165) is 66.1 Å². The van der Waals surface area contributed by atoms with Crippen LogP contribution in [0.2, 0.25) is 18.1 Å². The smallest absolute Gasteiger partial charge is 0.338 e. The Bertz CT molecular complexity index is 1400. The van der Waals surface area contributed by atoms with Crippen LogP contribution in [0.1, 0.15) is 91.1 Å². The van der Waals surface area contributed by atoms with Crippen LogP contribution in [-0.4, -0.2) is 47.2 Å². The summed E-state index contributed by atoms with van der Waals surface area (Å²) in [6, 6.07) is 21.0. The highest BCUT2D eigenvalue weighted by atomic mass is 28.4. The van der Waals surface area contributed by atoms with Gasteiger partial charge < -0.3 is 18.8 Å². The molecule has 6 heteroatoms. The van der Waals surface area contributed by atoms with Gasteiger partial charge in [0, 0.05) is 30.9 Å². The Balaban J connectivity index is 1.87. The van der Waals surface area contributed by atoms with Gasteiger partial charge in [0.25, 0.3) is 0 Å². The Labute approximate surface area is 274 Å². The number of unbranched alkanes of at least 4 members (excludes halogenated alkanes) is 1. The highest BCUT2D eigenvalue weighted by molar-refractivity contribution is 6.74. The normalized spacial score (nSPS) is 12.2. The van der Waals surface area contributed by atoms with E-state index in [0.29, 0.717) is 18.8 Å². The zero-order chi connectivity index (χ0) is 33.4. The van der Waals surface area contributed by atoms with Gasteiger partial charge in [-0.3, -0.25) is 0 Å². The topological polar surface area (TPSA) is 48.0 Å². The summed E-state index contributed by atoms with van der Waals surface area (Å²) in [7, 11) is -1.72. The lowest BCUT2D eigenvalue weighted by molar-refractivity contribution is 0.0527. The van der Waals surface area contributed by atoms with Crippen molar-refractivity contribution < 1.29 is 18.7 Å². The first-order valence-electron chi connectivity index (χ1n) is 16.7. The fourth-order valence-electron chi connectivity index (χ4n) is 5.14. The van der Waals surface area contributed by atoms with Crippen molar-refractivity contribution in [1.82, 2.24) is 0 Å². The molecule has 0 heterocycles. The summed E-state index contributed by atoms with van der Waals surface area (Å²) in [4.78, 5) is 15.3. The lowest BCUT2D eigenvalue weighted by atomic mass is 9.84. The van der Waals surface area contributed by atoms with Crippen molar-refractivity contribution >= 4 is 20.0 Å². The largest absolute Gasteiger partial charge is 0.493 e. The van der Waals surface area contributed by atoms with Gasteiger partial charge in [-0.1, -0.05) is 65.8 Å². The molecule has 0 aromatic heterocycles. The maximum absolute atomic E-state index is 13.0. The number of rotatable bonds is 14. The minimum atomic E-state index is -1.72. The molecule has 3 aromatic rings. The summed E-state index contributed by atoms with van der Waals surface area (Å²) < 4.78 is 18.1. The molecule has 5 nitrogen and oxygen atoms in total. The molecule has 0 bridgehead atoms. The molecule has 0 aliphatic carbocycles. The van der Waals surface area contributed by atoms with Crippen LogP contribution >= 0.6 is 0 Å². The maximum atomic E-state index is 13.0. The lowest BCUT2D eigenvalue weighted by Gasteiger charge is -2.36. The predicted octanol–water partition coefficient (Wildman–Crippen LogP) is 10.5. The summed E-state index contributed by atoms with van der Waals surface area (Å²) in [5.74, 6) is 0.618. The number of nitrogens with zero attached hydrogens (tertiary/aromatic N) is 1. The Morgan fingerprint density at radius 3 is 1.91 bits per heavy atom. The third-order valence-corrected chi connectivity index (χ3v) is 13.5.